The Balaban J connectivity index is 1.53. The van der Waals surface area contributed by atoms with Crippen LogP contribution in [0.2, 0.25) is 0 Å². The molecule has 5 rings (SSSR count). The Labute approximate surface area is 195 Å². The van der Waals surface area contributed by atoms with Crippen molar-refractivity contribution in [2.75, 3.05) is 7.11 Å². The smallest absolute Gasteiger partial charge is 0.339 e. The third-order valence-electron chi connectivity index (χ3n) is 5.28. The van der Waals surface area contributed by atoms with Crippen LogP contribution in [-0.2, 0) is 0 Å². The number of hydrogen-bond donors (Lipinski definition) is 4. The number of rotatable bonds is 4. The molecule has 0 aliphatic heterocycles. The summed E-state index contributed by atoms with van der Waals surface area (Å²) in [6, 6.07) is 11.9. The average molecular weight is 476 g/mol. The summed E-state index contributed by atoms with van der Waals surface area (Å²) >= 11 is 0. The number of aromatic hydroxyl groups is 4. The van der Waals surface area contributed by atoms with Crippen LogP contribution in [0.25, 0.3) is 33.3 Å². The summed E-state index contributed by atoms with van der Waals surface area (Å²) in [5, 5.41) is 40.2. The van der Waals surface area contributed by atoms with Crippen LogP contribution >= 0.6 is 0 Å². The number of methoxy groups -OCH3 is 1. The Morgan fingerprint density at radius 1 is 0.771 bits per heavy atom. The molecule has 35 heavy (non-hydrogen) atoms. The van der Waals surface area contributed by atoms with Gasteiger partial charge in [0.05, 0.1) is 13.2 Å². The van der Waals surface area contributed by atoms with Gasteiger partial charge in [0.2, 0.25) is 5.75 Å². The molecule has 0 unspecified atom stereocenters. The molecule has 0 saturated heterocycles. The predicted molar refractivity (Wildman–Crippen MR) is 124 cm³/mol. The molecule has 176 valence electrons. The van der Waals surface area contributed by atoms with Crippen LogP contribution in [0.4, 0.5) is 0 Å². The van der Waals surface area contributed by atoms with E-state index in [0.29, 0.717) is 5.56 Å². The van der Waals surface area contributed by atoms with Crippen molar-refractivity contribution in [3.05, 3.63) is 75.2 Å². The van der Waals surface area contributed by atoms with Crippen molar-refractivity contribution >= 4 is 21.9 Å². The van der Waals surface area contributed by atoms with E-state index >= 15 is 0 Å². The molecule has 0 radical (unpaired) electrons. The Bertz CT molecular complexity index is 1730. The van der Waals surface area contributed by atoms with Gasteiger partial charge in [-0.05, 0) is 24.3 Å². The highest BCUT2D eigenvalue weighted by atomic mass is 16.5. The number of fused-ring (bicyclic) bond motifs is 2. The normalized spacial score (nSPS) is 11.1. The van der Waals surface area contributed by atoms with Crippen LogP contribution in [-0.4, -0.2) is 27.5 Å². The van der Waals surface area contributed by atoms with Gasteiger partial charge >= 0.3 is 5.63 Å². The molecule has 2 aromatic heterocycles. The molecule has 0 atom stereocenters. The lowest BCUT2D eigenvalue weighted by Crippen LogP contribution is -2.00. The third kappa shape index (κ3) is 3.72. The molecule has 10 heteroatoms. The van der Waals surface area contributed by atoms with Crippen molar-refractivity contribution in [3.8, 4) is 51.6 Å². The van der Waals surface area contributed by atoms with Crippen LogP contribution in [0, 0.1) is 0 Å². The SMILES string of the molecule is COc1cc2oc(=O)cc(O)c2c(O)c1Oc1ccc(-c2cc(=O)c3c(O)cc(O)cc3o2)cc1. The second-order valence-corrected chi connectivity index (χ2v) is 7.52. The highest BCUT2D eigenvalue weighted by molar-refractivity contribution is 5.93. The molecule has 0 saturated carbocycles. The second kappa shape index (κ2) is 8.03. The summed E-state index contributed by atoms with van der Waals surface area (Å²) in [6.45, 7) is 0. The number of hydrogen-bond acceptors (Lipinski definition) is 10. The van der Waals surface area contributed by atoms with Crippen molar-refractivity contribution in [2.24, 2.45) is 0 Å². The van der Waals surface area contributed by atoms with Crippen LogP contribution in [0.5, 0.6) is 40.2 Å². The molecule has 0 aliphatic carbocycles. The summed E-state index contributed by atoms with van der Waals surface area (Å²) < 4.78 is 21.7. The lowest BCUT2D eigenvalue weighted by atomic mass is 10.1. The van der Waals surface area contributed by atoms with Crippen molar-refractivity contribution in [1.82, 2.24) is 0 Å². The minimum Gasteiger partial charge on any atom is -0.508 e. The van der Waals surface area contributed by atoms with E-state index in [9.17, 15) is 30.0 Å². The first-order valence-corrected chi connectivity index (χ1v) is 10.1. The minimum atomic E-state index is -0.800. The Hall–Kier alpha value is -5.12. The highest BCUT2D eigenvalue weighted by Crippen LogP contribution is 2.47. The summed E-state index contributed by atoms with van der Waals surface area (Å²) in [6.07, 6.45) is 0. The van der Waals surface area contributed by atoms with E-state index in [1.54, 1.807) is 12.1 Å². The minimum absolute atomic E-state index is 0.0163. The predicted octanol–water partition coefficient (Wildman–Crippen LogP) is 4.19. The molecule has 3 aromatic carbocycles. The van der Waals surface area contributed by atoms with Gasteiger partial charge in [0.15, 0.2) is 16.9 Å². The fraction of sp³-hybridized carbons (Fsp3) is 0.0400. The first-order chi connectivity index (χ1) is 16.7. The molecule has 0 bridgehead atoms. The highest BCUT2D eigenvalue weighted by Gasteiger charge is 2.21. The first-order valence-electron chi connectivity index (χ1n) is 10.1. The molecular formula is C25H16O10. The molecular weight excluding hydrogens is 460 g/mol. The maximum Gasteiger partial charge on any atom is 0.339 e. The van der Waals surface area contributed by atoms with Gasteiger partial charge in [-0.25, -0.2) is 4.79 Å². The largest absolute Gasteiger partial charge is 0.508 e. The van der Waals surface area contributed by atoms with E-state index in [0.717, 1.165) is 12.1 Å². The molecule has 2 heterocycles. The molecule has 4 N–H and O–H groups in total. The summed E-state index contributed by atoms with van der Waals surface area (Å²) in [7, 11) is 1.33. The quantitative estimate of drug-likeness (QED) is 0.277. The summed E-state index contributed by atoms with van der Waals surface area (Å²) in [4.78, 5) is 24.0. The van der Waals surface area contributed by atoms with Crippen LogP contribution in [0.15, 0.2) is 73.0 Å². The zero-order valence-electron chi connectivity index (χ0n) is 17.9. The standard InChI is InChI=1S/C25H16O10/c1-32-20-10-19-23(16(29)9-21(30)35-19)24(31)25(20)33-13-4-2-11(3-5-13)17-8-15(28)22-14(27)6-12(26)7-18(22)34-17/h2-10,26-27,29,31H,1H3. The number of benzene rings is 3. The van der Waals surface area contributed by atoms with Crippen LogP contribution in [0.1, 0.15) is 0 Å². The molecule has 10 nitrogen and oxygen atoms in total. The van der Waals surface area contributed by atoms with Crippen molar-refractivity contribution in [2.45, 2.75) is 0 Å². The molecule has 0 fully saturated rings. The van der Waals surface area contributed by atoms with Gasteiger partial charge in [-0.15, -0.1) is 0 Å². The van der Waals surface area contributed by atoms with Gasteiger partial charge in [0.1, 0.15) is 50.7 Å². The van der Waals surface area contributed by atoms with E-state index in [1.807, 2.05) is 0 Å². The van der Waals surface area contributed by atoms with Gasteiger partial charge < -0.3 is 38.7 Å². The Morgan fingerprint density at radius 2 is 1.46 bits per heavy atom. The Morgan fingerprint density at radius 3 is 2.17 bits per heavy atom. The molecule has 0 aliphatic rings. The lowest BCUT2D eigenvalue weighted by Gasteiger charge is -2.14. The second-order valence-electron chi connectivity index (χ2n) is 7.52. The topological polar surface area (TPSA) is 160 Å². The van der Waals surface area contributed by atoms with Crippen LogP contribution < -0.4 is 20.5 Å². The maximum absolute atomic E-state index is 12.5. The lowest BCUT2D eigenvalue weighted by molar-refractivity contribution is 0.358. The average Bonchev–Trinajstić information content (AvgIpc) is 2.79. The summed E-state index contributed by atoms with van der Waals surface area (Å²) in [5.74, 6) is -1.26. The van der Waals surface area contributed by atoms with Crippen LogP contribution in [0.3, 0.4) is 0 Å². The Kier molecular flexibility index (Phi) is 4.98. The van der Waals surface area contributed by atoms with Crippen molar-refractivity contribution < 1.29 is 38.7 Å². The van der Waals surface area contributed by atoms with Gasteiger partial charge in [0.25, 0.3) is 0 Å². The monoisotopic (exact) mass is 476 g/mol. The maximum atomic E-state index is 12.5. The van der Waals surface area contributed by atoms with E-state index in [2.05, 4.69) is 0 Å². The fourth-order valence-electron chi connectivity index (χ4n) is 3.70. The number of phenols is 3. The van der Waals surface area contributed by atoms with Gasteiger partial charge in [-0.2, -0.15) is 0 Å². The number of phenolic OH excluding ortho intramolecular Hbond substituents is 3. The van der Waals surface area contributed by atoms with Gasteiger partial charge in [-0.3, -0.25) is 4.79 Å². The fourth-order valence-corrected chi connectivity index (χ4v) is 3.70. The summed E-state index contributed by atoms with van der Waals surface area (Å²) in [5.41, 5.74) is -0.866. The van der Waals surface area contributed by atoms with E-state index in [1.165, 1.54) is 37.4 Å². The van der Waals surface area contributed by atoms with E-state index in [4.69, 9.17) is 18.3 Å². The van der Waals surface area contributed by atoms with Gasteiger partial charge in [-0.1, -0.05) is 0 Å². The van der Waals surface area contributed by atoms with Crippen molar-refractivity contribution in [3.63, 3.8) is 0 Å². The van der Waals surface area contributed by atoms with Gasteiger partial charge in [0, 0.05) is 29.8 Å². The molecule has 0 amide bonds. The zero-order chi connectivity index (χ0) is 24.9. The van der Waals surface area contributed by atoms with E-state index in [-0.39, 0.29) is 50.7 Å². The zero-order valence-corrected chi connectivity index (χ0v) is 17.9. The van der Waals surface area contributed by atoms with E-state index < -0.39 is 28.3 Å². The number of ether oxygens (including phenoxy) is 2. The molecule has 0 spiro atoms. The first kappa shape index (κ1) is 21.7. The third-order valence-corrected chi connectivity index (χ3v) is 5.28. The molecule has 5 aromatic rings. The van der Waals surface area contributed by atoms with Crippen molar-refractivity contribution in [1.29, 1.82) is 0 Å².